The molecule has 0 unspecified atom stereocenters. The SMILES string of the molecule is CCc1nc(NC(=O)NS(=O)(=O)c2ccccc2O/C(Cl)=C/Cl)nn1C. The van der Waals surface area contributed by atoms with Crippen molar-refractivity contribution in [3.05, 3.63) is 40.8 Å². The van der Waals surface area contributed by atoms with Crippen molar-refractivity contribution in [1.29, 1.82) is 0 Å². The smallest absolute Gasteiger partial charge is 0.335 e. The zero-order valence-corrected chi connectivity index (χ0v) is 16.1. The van der Waals surface area contributed by atoms with Gasteiger partial charge in [0.05, 0.1) is 5.54 Å². The van der Waals surface area contributed by atoms with E-state index in [0.717, 1.165) is 5.54 Å². The average molecular weight is 420 g/mol. The fraction of sp³-hybridized carbons (Fsp3) is 0.214. The van der Waals surface area contributed by atoms with Crippen LogP contribution in [0.1, 0.15) is 12.7 Å². The Bertz CT molecular complexity index is 943. The van der Waals surface area contributed by atoms with E-state index in [-0.39, 0.29) is 21.8 Å². The lowest BCUT2D eigenvalue weighted by atomic mass is 10.3. The number of nitrogens with zero attached hydrogens (tertiary/aromatic N) is 3. The molecule has 0 radical (unpaired) electrons. The van der Waals surface area contributed by atoms with Gasteiger partial charge in [0, 0.05) is 13.5 Å². The number of aryl methyl sites for hydroxylation is 2. The van der Waals surface area contributed by atoms with Crippen molar-refractivity contribution in [2.45, 2.75) is 18.2 Å². The van der Waals surface area contributed by atoms with E-state index in [9.17, 15) is 13.2 Å². The normalized spacial score (nSPS) is 11.9. The number of para-hydroxylation sites is 1. The van der Waals surface area contributed by atoms with Crippen LogP contribution in [-0.4, -0.2) is 29.2 Å². The van der Waals surface area contributed by atoms with E-state index in [1.807, 2.05) is 11.6 Å². The third kappa shape index (κ3) is 4.87. The van der Waals surface area contributed by atoms with Gasteiger partial charge in [0.2, 0.25) is 11.2 Å². The molecule has 1 heterocycles. The van der Waals surface area contributed by atoms with Crippen LogP contribution in [0.15, 0.2) is 39.9 Å². The maximum Gasteiger partial charge on any atom is 0.335 e. The number of halogens is 2. The molecule has 0 atom stereocenters. The monoisotopic (exact) mass is 419 g/mol. The number of aromatic nitrogens is 3. The molecule has 0 fully saturated rings. The summed E-state index contributed by atoms with van der Waals surface area (Å²) in [6.07, 6.45) is 0.602. The summed E-state index contributed by atoms with van der Waals surface area (Å²) in [6, 6.07) is 4.59. The fourth-order valence-electron chi connectivity index (χ4n) is 1.97. The van der Waals surface area contributed by atoms with Crippen molar-refractivity contribution in [1.82, 2.24) is 19.5 Å². The van der Waals surface area contributed by atoms with Crippen LogP contribution in [-0.2, 0) is 23.5 Å². The molecule has 0 bridgehead atoms. The van der Waals surface area contributed by atoms with Crippen molar-refractivity contribution in [2.75, 3.05) is 5.32 Å². The third-order valence-corrected chi connectivity index (χ3v) is 4.92. The first-order valence-electron chi connectivity index (χ1n) is 7.23. The molecule has 0 aliphatic rings. The molecule has 9 nitrogen and oxygen atoms in total. The first-order chi connectivity index (χ1) is 12.3. The molecule has 2 rings (SSSR count). The number of ether oxygens (including phenoxy) is 1. The number of hydrogen-bond acceptors (Lipinski definition) is 6. The maximum atomic E-state index is 12.5. The molecule has 26 heavy (non-hydrogen) atoms. The summed E-state index contributed by atoms with van der Waals surface area (Å²) in [5.41, 5.74) is 0.934. The van der Waals surface area contributed by atoms with Crippen LogP contribution in [0.2, 0.25) is 0 Å². The van der Waals surface area contributed by atoms with Crippen molar-refractivity contribution in [3.63, 3.8) is 0 Å². The number of benzene rings is 1. The molecule has 2 amide bonds. The van der Waals surface area contributed by atoms with Crippen molar-refractivity contribution < 1.29 is 17.9 Å². The highest BCUT2D eigenvalue weighted by Crippen LogP contribution is 2.26. The molecule has 1 aromatic carbocycles. The van der Waals surface area contributed by atoms with E-state index in [4.69, 9.17) is 27.9 Å². The molecule has 0 aliphatic heterocycles. The Balaban J connectivity index is 2.19. The van der Waals surface area contributed by atoms with Crippen LogP contribution in [0.3, 0.4) is 0 Å². The number of nitrogens with one attached hydrogen (secondary N) is 2. The summed E-state index contributed by atoms with van der Waals surface area (Å²) in [7, 11) is -2.59. The van der Waals surface area contributed by atoms with E-state index in [1.54, 1.807) is 7.05 Å². The quantitative estimate of drug-likeness (QED) is 0.694. The Morgan fingerprint density at radius 2 is 2.08 bits per heavy atom. The van der Waals surface area contributed by atoms with E-state index in [2.05, 4.69) is 15.4 Å². The summed E-state index contributed by atoms with van der Waals surface area (Å²) in [6.45, 7) is 1.87. The van der Waals surface area contributed by atoms with Crippen molar-refractivity contribution in [3.8, 4) is 5.75 Å². The molecule has 12 heteroatoms. The summed E-state index contributed by atoms with van der Waals surface area (Å²) in [5, 5.41) is 6.00. The highest BCUT2D eigenvalue weighted by atomic mass is 35.5. The van der Waals surface area contributed by atoms with E-state index >= 15 is 0 Å². The van der Waals surface area contributed by atoms with Gasteiger partial charge < -0.3 is 4.74 Å². The molecule has 0 spiro atoms. The average Bonchev–Trinajstić information content (AvgIpc) is 2.93. The molecule has 0 saturated carbocycles. The predicted molar refractivity (Wildman–Crippen MR) is 96.6 cm³/mol. The molecule has 2 aromatic rings. The molecular weight excluding hydrogens is 405 g/mol. The van der Waals surface area contributed by atoms with Gasteiger partial charge in [-0.25, -0.2) is 17.9 Å². The fourth-order valence-corrected chi connectivity index (χ4v) is 3.13. The van der Waals surface area contributed by atoms with Crippen LogP contribution in [0.5, 0.6) is 5.75 Å². The lowest BCUT2D eigenvalue weighted by Crippen LogP contribution is -2.34. The Morgan fingerprint density at radius 1 is 1.38 bits per heavy atom. The van der Waals surface area contributed by atoms with Crippen LogP contribution < -0.4 is 14.8 Å². The Kier molecular flexibility index (Phi) is 6.46. The number of rotatable bonds is 6. The van der Waals surface area contributed by atoms with Gasteiger partial charge in [0.1, 0.15) is 16.5 Å². The predicted octanol–water partition coefficient (Wildman–Crippen LogP) is 2.54. The summed E-state index contributed by atoms with van der Waals surface area (Å²) >= 11 is 11.1. The molecule has 0 saturated heterocycles. The zero-order chi connectivity index (χ0) is 19.3. The van der Waals surface area contributed by atoms with Gasteiger partial charge in [0.25, 0.3) is 10.0 Å². The highest BCUT2D eigenvalue weighted by Gasteiger charge is 2.23. The number of urea groups is 1. The first kappa shape index (κ1) is 20.0. The van der Waals surface area contributed by atoms with Gasteiger partial charge in [-0.3, -0.25) is 10.00 Å². The maximum absolute atomic E-state index is 12.5. The Hall–Kier alpha value is -2.30. The number of carbonyl (C=O) groups excluding carboxylic acids is 1. The van der Waals surface area contributed by atoms with Crippen LogP contribution in [0.25, 0.3) is 0 Å². The standard InChI is InChI=1S/C14H15Cl2N5O4S/c1-3-12-17-13(19-21(12)2)18-14(22)20-26(23,24)10-7-5-4-6-9(10)25-11(16)8-15/h4-8H,3H2,1-2H3,(H2,18,19,20,22)/b11-8+. The minimum Gasteiger partial charge on any atom is -0.443 e. The number of amides is 2. The number of carbonyl (C=O) groups is 1. The zero-order valence-electron chi connectivity index (χ0n) is 13.7. The lowest BCUT2D eigenvalue weighted by molar-refractivity contribution is 0.256. The molecule has 1 aromatic heterocycles. The first-order valence-corrected chi connectivity index (χ1v) is 9.53. The second-order valence-corrected chi connectivity index (χ2v) is 7.09. The van der Waals surface area contributed by atoms with Gasteiger partial charge in [-0.05, 0) is 23.7 Å². The molecular formula is C14H15Cl2N5O4S. The van der Waals surface area contributed by atoms with Crippen LogP contribution in [0.4, 0.5) is 10.7 Å². The van der Waals surface area contributed by atoms with Crippen molar-refractivity contribution >= 4 is 45.2 Å². The summed E-state index contributed by atoms with van der Waals surface area (Å²) in [5.74, 6) is 0.512. The van der Waals surface area contributed by atoms with Crippen LogP contribution in [0, 0.1) is 0 Å². The highest BCUT2D eigenvalue weighted by molar-refractivity contribution is 7.90. The second kappa shape index (κ2) is 8.39. The molecule has 2 N–H and O–H groups in total. The minimum atomic E-state index is -4.25. The Labute approximate surface area is 160 Å². The van der Waals surface area contributed by atoms with Gasteiger partial charge in [-0.1, -0.05) is 30.7 Å². The summed E-state index contributed by atoms with van der Waals surface area (Å²) in [4.78, 5) is 15.8. The van der Waals surface area contributed by atoms with Gasteiger partial charge in [-0.15, -0.1) is 5.10 Å². The third-order valence-electron chi connectivity index (χ3n) is 3.05. The number of sulfonamides is 1. The van der Waals surface area contributed by atoms with Crippen molar-refractivity contribution in [2.24, 2.45) is 7.05 Å². The van der Waals surface area contributed by atoms with Gasteiger partial charge in [-0.2, -0.15) is 4.98 Å². The van der Waals surface area contributed by atoms with Gasteiger partial charge >= 0.3 is 6.03 Å². The topological polar surface area (TPSA) is 115 Å². The van der Waals surface area contributed by atoms with E-state index in [1.165, 1.54) is 28.9 Å². The molecule has 140 valence electrons. The van der Waals surface area contributed by atoms with E-state index in [0.29, 0.717) is 12.2 Å². The number of hydrogen-bond donors (Lipinski definition) is 2. The minimum absolute atomic E-state index is 0.0188. The summed E-state index contributed by atoms with van der Waals surface area (Å²) < 4.78 is 33.4. The Morgan fingerprint density at radius 3 is 2.69 bits per heavy atom. The number of anilines is 1. The molecule has 0 aliphatic carbocycles. The largest absolute Gasteiger partial charge is 0.443 e. The van der Waals surface area contributed by atoms with Gasteiger partial charge in [0.15, 0.2) is 0 Å². The second-order valence-electron chi connectivity index (χ2n) is 4.85. The lowest BCUT2D eigenvalue weighted by Gasteiger charge is -2.11. The van der Waals surface area contributed by atoms with Crippen LogP contribution >= 0.6 is 23.2 Å². The van der Waals surface area contributed by atoms with E-state index < -0.39 is 16.1 Å².